The van der Waals surface area contributed by atoms with E-state index in [2.05, 4.69) is 20.6 Å². The van der Waals surface area contributed by atoms with Crippen LogP contribution in [-0.4, -0.2) is 16.0 Å². The van der Waals surface area contributed by atoms with Crippen LogP contribution in [0.15, 0.2) is 60.7 Å². The molecule has 5 heteroatoms. The van der Waals surface area contributed by atoms with Crippen LogP contribution in [0.3, 0.4) is 0 Å². The number of rotatable bonds is 5. The van der Waals surface area contributed by atoms with Crippen molar-refractivity contribution in [1.29, 1.82) is 0 Å². The predicted octanol–water partition coefficient (Wildman–Crippen LogP) is 5.38. The van der Waals surface area contributed by atoms with Gasteiger partial charge >= 0.3 is 0 Å². The number of anilines is 3. The number of benzene rings is 2. The maximum absolute atomic E-state index is 13.1. The third-order valence-corrected chi connectivity index (χ3v) is 4.60. The highest BCUT2D eigenvalue weighted by atomic mass is 19.1. The van der Waals surface area contributed by atoms with E-state index in [9.17, 15) is 4.39 Å². The molecule has 1 aliphatic carbocycles. The van der Waals surface area contributed by atoms with E-state index in [4.69, 9.17) is 0 Å². The van der Waals surface area contributed by atoms with E-state index in [0.29, 0.717) is 12.0 Å². The van der Waals surface area contributed by atoms with Crippen LogP contribution in [0.5, 0.6) is 0 Å². The van der Waals surface area contributed by atoms with E-state index in [1.807, 2.05) is 36.4 Å². The van der Waals surface area contributed by atoms with Crippen LogP contribution in [0.4, 0.5) is 21.8 Å². The van der Waals surface area contributed by atoms with Gasteiger partial charge in [-0.3, -0.25) is 0 Å². The van der Waals surface area contributed by atoms with Crippen LogP contribution < -0.4 is 10.6 Å². The van der Waals surface area contributed by atoms with Crippen molar-refractivity contribution in [2.75, 3.05) is 10.6 Å². The molecule has 0 spiro atoms. The average Bonchev–Trinajstić information content (AvgIpc) is 3.17. The minimum atomic E-state index is -0.266. The molecule has 1 aromatic heterocycles. The smallest absolute Gasteiger partial charge is 0.229 e. The number of nitrogens with zero attached hydrogens (tertiary/aromatic N) is 2. The Morgan fingerprint density at radius 1 is 0.885 bits per heavy atom. The molecule has 0 unspecified atom stereocenters. The number of aromatic nitrogens is 2. The zero-order chi connectivity index (χ0) is 17.8. The Morgan fingerprint density at radius 2 is 1.62 bits per heavy atom. The molecule has 0 radical (unpaired) electrons. The van der Waals surface area contributed by atoms with Crippen LogP contribution in [0, 0.1) is 5.82 Å². The molecule has 4 nitrogen and oxygen atoms in total. The summed E-state index contributed by atoms with van der Waals surface area (Å²) in [6.45, 7) is 0. The second-order valence-electron chi connectivity index (χ2n) is 6.59. The van der Waals surface area contributed by atoms with Crippen molar-refractivity contribution < 1.29 is 4.39 Å². The predicted molar refractivity (Wildman–Crippen MR) is 103 cm³/mol. The largest absolute Gasteiger partial charge is 0.367 e. The Kier molecular flexibility index (Phi) is 4.78. The Hall–Kier alpha value is -2.95. The van der Waals surface area contributed by atoms with Crippen molar-refractivity contribution in [3.05, 3.63) is 66.5 Å². The third-order valence-electron chi connectivity index (χ3n) is 4.60. The summed E-state index contributed by atoms with van der Waals surface area (Å²) in [6.07, 6.45) is 4.86. The van der Waals surface area contributed by atoms with Gasteiger partial charge < -0.3 is 10.6 Å². The minimum Gasteiger partial charge on any atom is -0.367 e. The highest BCUT2D eigenvalue weighted by Gasteiger charge is 2.16. The van der Waals surface area contributed by atoms with E-state index in [0.717, 1.165) is 22.8 Å². The molecule has 0 saturated heterocycles. The topological polar surface area (TPSA) is 49.8 Å². The summed E-state index contributed by atoms with van der Waals surface area (Å²) in [4.78, 5) is 9.25. The highest BCUT2D eigenvalue weighted by Crippen LogP contribution is 2.26. The zero-order valence-electron chi connectivity index (χ0n) is 14.5. The van der Waals surface area contributed by atoms with E-state index in [1.54, 1.807) is 12.1 Å². The summed E-state index contributed by atoms with van der Waals surface area (Å²) in [5.41, 5.74) is 2.64. The van der Waals surface area contributed by atoms with E-state index < -0.39 is 0 Å². The molecule has 1 aliphatic rings. The monoisotopic (exact) mass is 348 g/mol. The van der Waals surface area contributed by atoms with Gasteiger partial charge in [-0.25, -0.2) is 9.37 Å². The fraction of sp³-hybridized carbons (Fsp3) is 0.238. The molecule has 0 atom stereocenters. The molecule has 1 heterocycles. The van der Waals surface area contributed by atoms with Gasteiger partial charge in [0.15, 0.2) is 0 Å². The molecule has 0 bridgehead atoms. The summed E-state index contributed by atoms with van der Waals surface area (Å²) in [5.74, 6) is 1.05. The van der Waals surface area contributed by atoms with Gasteiger partial charge in [-0.15, -0.1) is 0 Å². The first-order valence-electron chi connectivity index (χ1n) is 9.00. The summed E-state index contributed by atoms with van der Waals surface area (Å²) in [6, 6.07) is 18.7. The van der Waals surface area contributed by atoms with Gasteiger partial charge in [-0.2, -0.15) is 4.98 Å². The van der Waals surface area contributed by atoms with Crippen LogP contribution >= 0.6 is 0 Å². The maximum Gasteiger partial charge on any atom is 0.229 e. The Labute approximate surface area is 152 Å². The van der Waals surface area contributed by atoms with Crippen molar-refractivity contribution in [3.8, 4) is 11.3 Å². The Morgan fingerprint density at radius 3 is 2.35 bits per heavy atom. The van der Waals surface area contributed by atoms with Crippen LogP contribution in [0.25, 0.3) is 11.3 Å². The molecule has 1 fully saturated rings. The second-order valence-corrected chi connectivity index (χ2v) is 6.59. The molecule has 3 aromatic rings. The van der Waals surface area contributed by atoms with Gasteiger partial charge in [0.2, 0.25) is 5.95 Å². The highest BCUT2D eigenvalue weighted by molar-refractivity contribution is 5.66. The van der Waals surface area contributed by atoms with Crippen molar-refractivity contribution >= 4 is 17.5 Å². The molecule has 0 amide bonds. The fourth-order valence-electron chi connectivity index (χ4n) is 3.28. The fourth-order valence-corrected chi connectivity index (χ4v) is 3.28. The molecule has 1 saturated carbocycles. The summed E-state index contributed by atoms with van der Waals surface area (Å²) in [5, 5.41) is 6.71. The quantitative estimate of drug-likeness (QED) is 0.650. The Bertz CT molecular complexity index is 859. The van der Waals surface area contributed by atoms with Crippen molar-refractivity contribution in [2.45, 2.75) is 31.7 Å². The van der Waals surface area contributed by atoms with E-state index in [1.165, 1.54) is 37.8 Å². The second kappa shape index (κ2) is 7.52. The van der Waals surface area contributed by atoms with Gasteiger partial charge in [0, 0.05) is 23.4 Å². The van der Waals surface area contributed by atoms with Gasteiger partial charge in [0.05, 0.1) is 5.69 Å². The average molecular weight is 348 g/mol. The third kappa shape index (κ3) is 3.99. The number of hydrogen-bond acceptors (Lipinski definition) is 4. The lowest BCUT2D eigenvalue weighted by Gasteiger charge is -2.15. The zero-order valence-corrected chi connectivity index (χ0v) is 14.5. The lowest BCUT2D eigenvalue weighted by atomic mass is 10.1. The SMILES string of the molecule is Fc1ccc(Nc2nc(NC3CCCC3)cc(-c3ccccc3)n2)cc1. The van der Waals surface area contributed by atoms with Gasteiger partial charge in [0.1, 0.15) is 11.6 Å². The van der Waals surface area contributed by atoms with E-state index >= 15 is 0 Å². The van der Waals surface area contributed by atoms with Crippen LogP contribution in [0.1, 0.15) is 25.7 Å². The first kappa shape index (κ1) is 16.5. The maximum atomic E-state index is 13.1. The Balaban J connectivity index is 1.65. The lowest BCUT2D eigenvalue weighted by molar-refractivity contribution is 0.628. The number of hydrogen-bond donors (Lipinski definition) is 2. The minimum absolute atomic E-state index is 0.266. The number of nitrogens with one attached hydrogen (secondary N) is 2. The standard InChI is InChI=1S/C21H21FN4/c22-16-10-12-18(13-11-16)24-21-25-19(15-6-2-1-3-7-15)14-20(26-21)23-17-8-4-5-9-17/h1-3,6-7,10-14,17H,4-5,8-9H2,(H2,23,24,25,26). The molecule has 132 valence electrons. The normalized spacial score (nSPS) is 14.3. The first-order valence-corrected chi connectivity index (χ1v) is 9.00. The molecule has 26 heavy (non-hydrogen) atoms. The molecule has 4 rings (SSSR count). The molecular formula is C21H21FN4. The summed E-state index contributed by atoms with van der Waals surface area (Å²) < 4.78 is 13.1. The van der Waals surface area contributed by atoms with E-state index in [-0.39, 0.29) is 5.82 Å². The van der Waals surface area contributed by atoms with Crippen LogP contribution in [0.2, 0.25) is 0 Å². The molecule has 2 aromatic carbocycles. The summed E-state index contributed by atoms with van der Waals surface area (Å²) in [7, 11) is 0. The van der Waals surface area contributed by atoms with Gasteiger partial charge in [-0.1, -0.05) is 43.2 Å². The molecule has 0 aliphatic heterocycles. The molecule has 2 N–H and O–H groups in total. The van der Waals surface area contributed by atoms with Crippen molar-refractivity contribution in [2.24, 2.45) is 0 Å². The molecular weight excluding hydrogens is 327 g/mol. The van der Waals surface area contributed by atoms with Crippen molar-refractivity contribution in [3.63, 3.8) is 0 Å². The van der Waals surface area contributed by atoms with Crippen molar-refractivity contribution in [1.82, 2.24) is 9.97 Å². The van der Waals surface area contributed by atoms with Crippen LogP contribution in [-0.2, 0) is 0 Å². The summed E-state index contributed by atoms with van der Waals surface area (Å²) >= 11 is 0. The van der Waals surface area contributed by atoms with Gasteiger partial charge in [-0.05, 0) is 37.1 Å². The first-order chi connectivity index (χ1) is 12.8. The van der Waals surface area contributed by atoms with Gasteiger partial charge in [0.25, 0.3) is 0 Å². The lowest BCUT2D eigenvalue weighted by Crippen LogP contribution is -2.16. The number of halogens is 1.